The van der Waals surface area contributed by atoms with Gasteiger partial charge in [0.05, 0.1) is 18.1 Å². The lowest BCUT2D eigenvalue weighted by Gasteiger charge is -2.06. The van der Waals surface area contributed by atoms with Gasteiger partial charge in [-0.05, 0) is 5.56 Å². The molecule has 1 N–H and O–H groups in total. The first kappa shape index (κ1) is 10.9. The first-order valence-corrected chi connectivity index (χ1v) is 3.91. The van der Waals surface area contributed by atoms with E-state index in [0.29, 0.717) is 0 Å². The number of hydrogen-bond acceptors (Lipinski definition) is 3. The molecule has 1 rings (SSSR count). The second-order valence-corrected chi connectivity index (χ2v) is 2.69. The summed E-state index contributed by atoms with van der Waals surface area (Å²) in [5, 5.41) is 16.9. The van der Waals surface area contributed by atoms with Crippen LogP contribution in [0.4, 0.5) is 8.78 Å². The van der Waals surface area contributed by atoms with Gasteiger partial charge in [-0.15, -0.1) is 0 Å². The molecule has 0 amide bonds. The lowest BCUT2D eigenvalue weighted by Crippen LogP contribution is -2.12. The summed E-state index contributed by atoms with van der Waals surface area (Å²) >= 11 is 0. The van der Waals surface area contributed by atoms with Crippen LogP contribution in [0.25, 0.3) is 0 Å². The Morgan fingerprint density at radius 2 is 2.13 bits per heavy atom. The van der Waals surface area contributed by atoms with Gasteiger partial charge in [-0.3, -0.25) is 4.79 Å². The standard InChI is InChI=1S/C9H5F2N3O/c10-9(11)8-5(1-2-12)3-7(15)14-6(8)4-13/h3,9H,1H2,(H,14,15). The van der Waals surface area contributed by atoms with Gasteiger partial charge in [0.2, 0.25) is 5.56 Å². The Hall–Kier alpha value is -2.21. The van der Waals surface area contributed by atoms with Crippen molar-refractivity contribution in [3.8, 4) is 12.1 Å². The molecule has 0 radical (unpaired) electrons. The van der Waals surface area contributed by atoms with Crippen molar-refractivity contribution in [3.05, 3.63) is 33.2 Å². The van der Waals surface area contributed by atoms with E-state index in [1.54, 1.807) is 6.07 Å². The van der Waals surface area contributed by atoms with Crippen LogP contribution in [0.2, 0.25) is 0 Å². The van der Waals surface area contributed by atoms with E-state index in [4.69, 9.17) is 10.5 Å². The molecule has 1 heterocycles. The van der Waals surface area contributed by atoms with Crippen LogP contribution in [0.5, 0.6) is 0 Å². The molecule has 15 heavy (non-hydrogen) atoms. The quantitative estimate of drug-likeness (QED) is 0.795. The van der Waals surface area contributed by atoms with Gasteiger partial charge in [-0.1, -0.05) is 0 Å². The highest BCUT2D eigenvalue weighted by Gasteiger charge is 2.19. The first-order chi connectivity index (χ1) is 7.10. The molecule has 0 saturated heterocycles. The van der Waals surface area contributed by atoms with Crippen molar-refractivity contribution in [2.24, 2.45) is 0 Å². The Bertz CT molecular complexity index is 508. The van der Waals surface area contributed by atoms with Crippen molar-refractivity contribution in [2.75, 3.05) is 0 Å². The number of alkyl halides is 2. The molecular formula is C9H5F2N3O. The normalized spacial score (nSPS) is 9.67. The topological polar surface area (TPSA) is 80.4 Å². The molecule has 0 unspecified atom stereocenters. The number of nitriles is 2. The second kappa shape index (κ2) is 4.34. The number of aromatic amines is 1. The summed E-state index contributed by atoms with van der Waals surface area (Å²) in [6.07, 6.45) is -3.21. The predicted molar refractivity (Wildman–Crippen MR) is 46.1 cm³/mol. The molecule has 0 aliphatic heterocycles. The van der Waals surface area contributed by atoms with Gasteiger partial charge in [0.25, 0.3) is 6.43 Å². The lowest BCUT2D eigenvalue weighted by molar-refractivity contribution is 0.149. The van der Waals surface area contributed by atoms with Crippen LogP contribution in [-0.4, -0.2) is 4.98 Å². The van der Waals surface area contributed by atoms with E-state index >= 15 is 0 Å². The van der Waals surface area contributed by atoms with E-state index < -0.39 is 23.2 Å². The fraction of sp³-hybridized carbons (Fsp3) is 0.222. The van der Waals surface area contributed by atoms with E-state index in [0.717, 1.165) is 6.07 Å². The van der Waals surface area contributed by atoms with Gasteiger partial charge in [0, 0.05) is 6.07 Å². The average Bonchev–Trinajstić information content (AvgIpc) is 2.16. The van der Waals surface area contributed by atoms with Crippen molar-refractivity contribution in [3.63, 3.8) is 0 Å². The van der Waals surface area contributed by atoms with E-state index in [1.807, 2.05) is 4.98 Å². The van der Waals surface area contributed by atoms with Gasteiger partial charge in [0.1, 0.15) is 11.8 Å². The van der Waals surface area contributed by atoms with Crippen LogP contribution in [0.15, 0.2) is 10.9 Å². The summed E-state index contributed by atoms with van der Waals surface area (Å²) in [4.78, 5) is 13.0. The third-order valence-electron chi connectivity index (χ3n) is 1.77. The zero-order chi connectivity index (χ0) is 11.4. The highest BCUT2D eigenvalue weighted by molar-refractivity contribution is 5.39. The largest absolute Gasteiger partial charge is 0.313 e. The van der Waals surface area contributed by atoms with Crippen LogP contribution in [0, 0.1) is 22.7 Å². The van der Waals surface area contributed by atoms with Crippen LogP contribution in [-0.2, 0) is 6.42 Å². The second-order valence-electron chi connectivity index (χ2n) is 2.69. The fourth-order valence-corrected chi connectivity index (χ4v) is 1.19. The van der Waals surface area contributed by atoms with Crippen LogP contribution in [0.3, 0.4) is 0 Å². The molecular weight excluding hydrogens is 204 g/mol. The maximum Gasteiger partial charge on any atom is 0.266 e. The number of pyridine rings is 1. The van der Waals surface area contributed by atoms with Crippen LogP contribution >= 0.6 is 0 Å². The molecule has 76 valence electrons. The molecule has 0 aromatic carbocycles. The van der Waals surface area contributed by atoms with E-state index in [9.17, 15) is 13.6 Å². The number of nitrogens with zero attached hydrogens (tertiary/aromatic N) is 2. The lowest BCUT2D eigenvalue weighted by atomic mass is 10.0. The minimum atomic E-state index is -2.89. The van der Waals surface area contributed by atoms with Crippen molar-refractivity contribution >= 4 is 0 Å². The molecule has 0 bridgehead atoms. The molecule has 0 atom stereocenters. The summed E-state index contributed by atoms with van der Waals surface area (Å²) in [7, 11) is 0. The number of rotatable bonds is 2. The molecule has 0 spiro atoms. The molecule has 0 fully saturated rings. The minimum Gasteiger partial charge on any atom is -0.313 e. The molecule has 1 aromatic heterocycles. The molecule has 0 aliphatic rings. The summed E-state index contributed by atoms with van der Waals surface area (Å²) < 4.78 is 25.1. The number of nitrogens with one attached hydrogen (secondary N) is 1. The Kier molecular flexibility index (Phi) is 3.14. The van der Waals surface area contributed by atoms with Gasteiger partial charge < -0.3 is 4.98 Å². The van der Waals surface area contributed by atoms with Crippen molar-refractivity contribution < 1.29 is 8.78 Å². The zero-order valence-corrected chi connectivity index (χ0v) is 7.42. The number of aromatic nitrogens is 1. The summed E-state index contributed by atoms with van der Waals surface area (Å²) in [6, 6.07) is 4.04. The molecule has 0 saturated carbocycles. The number of hydrogen-bond donors (Lipinski definition) is 1. The van der Waals surface area contributed by atoms with E-state index in [-0.39, 0.29) is 12.0 Å². The van der Waals surface area contributed by atoms with Crippen molar-refractivity contribution in [1.82, 2.24) is 4.98 Å². The Morgan fingerprint density at radius 3 is 2.60 bits per heavy atom. The number of halogens is 2. The van der Waals surface area contributed by atoms with Crippen molar-refractivity contribution in [1.29, 1.82) is 10.5 Å². The van der Waals surface area contributed by atoms with E-state index in [2.05, 4.69) is 0 Å². The minimum absolute atomic E-state index is 0.104. The Morgan fingerprint density at radius 1 is 1.47 bits per heavy atom. The highest BCUT2D eigenvalue weighted by Crippen LogP contribution is 2.24. The van der Waals surface area contributed by atoms with Gasteiger partial charge in [-0.2, -0.15) is 10.5 Å². The fourth-order valence-electron chi connectivity index (χ4n) is 1.19. The van der Waals surface area contributed by atoms with Gasteiger partial charge in [-0.25, -0.2) is 8.78 Å². The Labute approximate surface area is 83.4 Å². The van der Waals surface area contributed by atoms with E-state index in [1.165, 1.54) is 6.07 Å². The van der Waals surface area contributed by atoms with Crippen LogP contribution in [0.1, 0.15) is 23.2 Å². The molecule has 0 aliphatic carbocycles. The number of H-pyrrole nitrogens is 1. The molecule has 4 nitrogen and oxygen atoms in total. The third kappa shape index (κ3) is 2.18. The Balaban J connectivity index is 3.50. The summed E-state index contributed by atoms with van der Waals surface area (Å²) in [6.45, 7) is 0. The smallest absolute Gasteiger partial charge is 0.266 e. The third-order valence-corrected chi connectivity index (χ3v) is 1.77. The average molecular weight is 209 g/mol. The predicted octanol–water partition coefficient (Wildman–Crippen LogP) is 1.25. The maximum absolute atomic E-state index is 12.5. The maximum atomic E-state index is 12.5. The van der Waals surface area contributed by atoms with Gasteiger partial charge in [0.15, 0.2) is 0 Å². The van der Waals surface area contributed by atoms with Gasteiger partial charge >= 0.3 is 0 Å². The summed E-state index contributed by atoms with van der Waals surface area (Å²) in [5.41, 5.74) is -1.82. The highest BCUT2D eigenvalue weighted by atomic mass is 19.3. The monoisotopic (exact) mass is 209 g/mol. The SMILES string of the molecule is N#CCc1cc(=O)[nH]c(C#N)c1C(F)F. The van der Waals surface area contributed by atoms with Crippen molar-refractivity contribution in [2.45, 2.75) is 12.8 Å². The van der Waals surface area contributed by atoms with Crippen LogP contribution < -0.4 is 5.56 Å². The zero-order valence-electron chi connectivity index (χ0n) is 7.42. The summed E-state index contributed by atoms with van der Waals surface area (Å²) in [5.74, 6) is 0. The molecule has 6 heteroatoms. The first-order valence-electron chi connectivity index (χ1n) is 3.91. The molecule has 1 aromatic rings.